The highest BCUT2D eigenvalue weighted by Crippen LogP contribution is 2.32. The maximum atomic E-state index is 13.0. The van der Waals surface area contributed by atoms with Crippen molar-refractivity contribution < 1.29 is 4.39 Å². The smallest absolute Gasteiger partial charge is 0.123 e. The van der Waals surface area contributed by atoms with E-state index >= 15 is 0 Å². The van der Waals surface area contributed by atoms with Crippen LogP contribution in [0.4, 0.5) is 4.39 Å². The van der Waals surface area contributed by atoms with Gasteiger partial charge in [0.05, 0.1) is 0 Å². The number of nitrogens with one attached hydrogen (secondary N) is 1. The van der Waals surface area contributed by atoms with E-state index in [4.69, 9.17) is 0 Å². The summed E-state index contributed by atoms with van der Waals surface area (Å²) < 4.78 is 13.0. The first-order chi connectivity index (χ1) is 8.72. The van der Waals surface area contributed by atoms with Crippen molar-refractivity contribution in [1.29, 1.82) is 0 Å². The number of thiophene rings is 1. The molecular formula is C15H18FNS. The Hall–Kier alpha value is -1.19. The van der Waals surface area contributed by atoms with Crippen molar-refractivity contribution in [3.63, 3.8) is 0 Å². The van der Waals surface area contributed by atoms with Crippen LogP contribution in [0.15, 0.2) is 29.6 Å². The summed E-state index contributed by atoms with van der Waals surface area (Å²) in [5.74, 6) is -0.183. The summed E-state index contributed by atoms with van der Waals surface area (Å²) >= 11 is 1.75. The highest BCUT2D eigenvalue weighted by Gasteiger charge is 2.10. The van der Waals surface area contributed by atoms with Gasteiger partial charge in [0.25, 0.3) is 0 Å². The minimum Gasteiger partial charge on any atom is -0.313 e. The SMILES string of the molecule is CCCNCc1csc(C)c1-c1ccc(F)cc1. The molecule has 0 bridgehead atoms. The maximum Gasteiger partial charge on any atom is 0.123 e. The molecule has 2 aromatic rings. The number of rotatable bonds is 5. The summed E-state index contributed by atoms with van der Waals surface area (Å²) in [5, 5.41) is 5.61. The van der Waals surface area contributed by atoms with Gasteiger partial charge in [0.15, 0.2) is 0 Å². The van der Waals surface area contributed by atoms with Gasteiger partial charge in [-0.3, -0.25) is 0 Å². The van der Waals surface area contributed by atoms with Crippen LogP contribution in [0, 0.1) is 12.7 Å². The first-order valence-electron chi connectivity index (χ1n) is 6.26. The van der Waals surface area contributed by atoms with Gasteiger partial charge in [-0.25, -0.2) is 4.39 Å². The summed E-state index contributed by atoms with van der Waals surface area (Å²) in [7, 11) is 0. The Balaban J connectivity index is 2.25. The average molecular weight is 263 g/mol. The predicted molar refractivity (Wildman–Crippen MR) is 76.4 cm³/mol. The summed E-state index contributed by atoms with van der Waals surface area (Å²) in [5.41, 5.74) is 3.66. The largest absolute Gasteiger partial charge is 0.313 e. The van der Waals surface area contributed by atoms with Crippen molar-refractivity contribution in [1.82, 2.24) is 5.32 Å². The fourth-order valence-electron chi connectivity index (χ4n) is 2.04. The molecule has 1 heterocycles. The van der Waals surface area contributed by atoms with Gasteiger partial charge in [-0.15, -0.1) is 11.3 Å². The molecule has 0 radical (unpaired) electrons. The Morgan fingerprint density at radius 3 is 2.61 bits per heavy atom. The van der Waals surface area contributed by atoms with E-state index in [0.717, 1.165) is 25.1 Å². The summed E-state index contributed by atoms with van der Waals surface area (Å²) in [6.45, 7) is 6.18. The van der Waals surface area contributed by atoms with E-state index in [1.54, 1.807) is 11.3 Å². The molecule has 0 aliphatic carbocycles. The van der Waals surface area contributed by atoms with E-state index in [9.17, 15) is 4.39 Å². The Bertz CT molecular complexity index is 502. The van der Waals surface area contributed by atoms with Gasteiger partial charge in [0.2, 0.25) is 0 Å². The lowest BCUT2D eigenvalue weighted by Crippen LogP contribution is -2.13. The van der Waals surface area contributed by atoms with E-state index in [1.165, 1.54) is 28.1 Å². The highest BCUT2D eigenvalue weighted by atomic mass is 32.1. The van der Waals surface area contributed by atoms with Crippen LogP contribution in [0.3, 0.4) is 0 Å². The van der Waals surface area contributed by atoms with Crippen LogP contribution in [-0.4, -0.2) is 6.54 Å². The zero-order chi connectivity index (χ0) is 13.0. The van der Waals surface area contributed by atoms with Gasteiger partial charge in [-0.05, 0) is 54.1 Å². The second-order valence-corrected chi connectivity index (χ2v) is 5.46. The number of aryl methyl sites for hydroxylation is 1. The topological polar surface area (TPSA) is 12.0 Å². The molecule has 0 saturated heterocycles. The van der Waals surface area contributed by atoms with Crippen LogP contribution in [0.5, 0.6) is 0 Å². The highest BCUT2D eigenvalue weighted by molar-refractivity contribution is 7.10. The van der Waals surface area contributed by atoms with Crippen LogP contribution in [0.1, 0.15) is 23.8 Å². The molecule has 0 unspecified atom stereocenters. The zero-order valence-electron chi connectivity index (χ0n) is 10.8. The Kier molecular flexibility index (Phi) is 4.50. The van der Waals surface area contributed by atoms with Crippen LogP contribution < -0.4 is 5.32 Å². The first-order valence-corrected chi connectivity index (χ1v) is 7.14. The van der Waals surface area contributed by atoms with Crippen molar-refractivity contribution in [2.75, 3.05) is 6.54 Å². The molecular weight excluding hydrogens is 245 g/mol. The molecule has 0 atom stereocenters. The van der Waals surface area contributed by atoms with Gasteiger partial charge in [-0.2, -0.15) is 0 Å². The molecule has 1 N–H and O–H groups in total. The second-order valence-electron chi connectivity index (χ2n) is 4.38. The van der Waals surface area contributed by atoms with Gasteiger partial charge < -0.3 is 5.32 Å². The Labute approximate surface area is 112 Å². The van der Waals surface area contributed by atoms with E-state index in [-0.39, 0.29) is 5.82 Å². The Morgan fingerprint density at radius 1 is 1.22 bits per heavy atom. The number of hydrogen-bond acceptors (Lipinski definition) is 2. The normalized spacial score (nSPS) is 10.8. The molecule has 0 aliphatic rings. The van der Waals surface area contributed by atoms with Crippen LogP contribution in [-0.2, 0) is 6.54 Å². The molecule has 0 saturated carbocycles. The predicted octanol–water partition coefficient (Wildman–Crippen LogP) is 4.36. The van der Waals surface area contributed by atoms with E-state index in [0.29, 0.717) is 0 Å². The first kappa shape index (κ1) is 13.2. The van der Waals surface area contributed by atoms with E-state index < -0.39 is 0 Å². The molecule has 3 heteroatoms. The molecule has 0 fully saturated rings. The minimum atomic E-state index is -0.183. The van der Waals surface area contributed by atoms with Crippen LogP contribution in [0.2, 0.25) is 0 Å². The van der Waals surface area contributed by atoms with E-state index in [1.807, 2.05) is 12.1 Å². The standard InChI is InChI=1S/C15H18FNS/c1-3-8-17-9-13-10-18-11(2)15(13)12-4-6-14(16)7-5-12/h4-7,10,17H,3,8-9H2,1-2H3. The molecule has 0 spiro atoms. The maximum absolute atomic E-state index is 13.0. The molecule has 0 amide bonds. The van der Waals surface area contributed by atoms with Crippen molar-refractivity contribution >= 4 is 11.3 Å². The number of benzene rings is 1. The molecule has 1 aromatic heterocycles. The average Bonchev–Trinajstić information content (AvgIpc) is 2.72. The third-order valence-corrected chi connectivity index (χ3v) is 3.89. The lowest BCUT2D eigenvalue weighted by molar-refractivity contribution is 0.628. The molecule has 1 nitrogen and oxygen atoms in total. The van der Waals surface area contributed by atoms with Crippen molar-refractivity contribution in [2.45, 2.75) is 26.8 Å². The van der Waals surface area contributed by atoms with Gasteiger partial charge >= 0.3 is 0 Å². The molecule has 2 rings (SSSR count). The lowest BCUT2D eigenvalue weighted by Gasteiger charge is -2.07. The lowest BCUT2D eigenvalue weighted by atomic mass is 10.0. The molecule has 96 valence electrons. The molecule has 18 heavy (non-hydrogen) atoms. The molecule has 0 aliphatic heterocycles. The number of hydrogen-bond donors (Lipinski definition) is 1. The quantitative estimate of drug-likeness (QED) is 0.790. The Morgan fingerprint density at radius 2 is 1.94 bits per heavy atom. The van der Waals surface area contributed by atoms with Crippen molar-refractivity contribution in [2.24, 2.45) is 0 Å². The van der Waals surface area contributed by atoms with Gasteiger partial charge in [0.1, 0.15) is 5.82 Å². The van der Waals surface area contributed by atoms with Gasteiger partial charge in [0, 0.05) is 11.4 Å². The number of halogens is 1. The van der Waals surface area contributed by atoms with E-state index in [2.05, 4.69) is 24.5 Å². The zero-order valence-corrected chi connectivity index (χ0v) is 11.6. The van der Waals surface area contributed by atoms with Gasteiger partial charge in [-0.1, -0.05) is 19.1 Å². The summed E-state index contributed by atoms with van der Waals surface area (Å²) in [6, 6.07) is 6.76. The minimum absolute atomic E-state index is 0.183. The second kappa shape index (κ2) is 6.12. The monoisotopic (exact) mass is 263 g/mol. The summed E-state index contributed by atoms with van der Waals surface area (Å²) in [6.07, 6.45) is 1.13. The fourth-order valence-corrected chi connectivity index (χ4v) is 2.93. The third-order valence-electron chi connectivity index (χ3n) is 2.93. The van der Waals surface area contributed by atoms with Crippen LogP contribution in [0.25, 0.3) is 11.1 Å². The fraction of sp³-hybridized carbons (Fsp3) is 0.333. The third kappa shape index (κ3) is 2.98. The summed E-state index contributed by atoms with van der Waals surface area (Å²) in [4.78, 5) is 1.29. The molecule has 1 aromatic carbocycles. The van der Waals surface area contributed by atoms with Crippen molar-refractivity contribution in [3.05, 3.63) is 45.9 Å². The van der Waals surface area contributed by atoms with Crippen LogP contribution >= 0.6 is 11.3 Å². The van der Waals surface area contributed by atoms with Crippen molar-refractivity contribution in [3.8, 4) is 11.1 Å².